The molecule has 236 valence electrons. The van der Waals surface area contributed by atoms with Crippen LogP contribution in [0.15, 0.2) is 36.7 Å². The largest absolute Gasteiger partial charge is 0.476 e. The molecule has 0 aliphatic carbocycles. The lowest BCUT2D eigenvalue weighted by Crippen LogP contribution is -2.47. The van der Waals surface area contributed by atoms with E-state index in [1.165, 1.54) is 25.4 Å². The van der Waals surface area contributed by atoms with Crippen LogP contribution in [0.4, 0.5) is 8.78 Å². The van der Waals surface area contributed by atoms with Gasteiger partial charge in [-0.2, -0.15) is 10.1 Å². The molecule has 16 heteroatoms. The van der Waals surface area contributed by atoms with Gasteiger partial charge in [0.1, 0.15) is 24.2 Å². The van der Waals surface area contributed by atoms with Gasteiger partial charge in [0, 0.05) is 0 Å². The van der Waals surface area contributed by atoms with E-state index in [4.69, 9.17) is 23.3 Å². The number of imidazole rings is 1. The van der Waals surface area contributed by atoms with Gasteiger partial charge in [-0.1, -0.05) is 32.0 Å². The molecular formula is C27H36F2N5O8P. The molecule has 1 saturated heterocycles. The minimum Gasteiger partial charge on any atom is -0.476 e. The molecule has 0 spiro atoms. The van der Waals surface area contributed by atoms with Gasteiger partial charge in [-0.05, 0) is 45.7 Å². The number of rotatable bonds is 13. The maximum absolute atomic E-state index is 16.3. The van der Waals surface area contributed by atoms with Crippen LogP contribution < -0.4 is 14.3 Å². The molecule has 13 nitrogen and oxygen atoms in total. The number of fused-ring (bicyclic) bond motifs is 1. The fraction of sp³-hybridized carbons (Fsp3) is 0.556. The molecule has 1 aromatic carbocycles. The molecule has 4 rings (SSSR count). The van der Waals surface area contributed by atoms with E-state index in [1.54, 1.807) is 32.0 Å². The minimum atomic E-state index is -4.56. The van der Waals surface area contributed by atoms with Crippen molar-refractivity contribution in [1.29, 1.82) is 0 Å². The van der Waals surface area contributed by atoms with Crippen LogP contribution in [0.25, 0.3) is 11.2 Å². The van der Waals surface area contributed by atoms with Crippen molar-refractivity contribution in [2.75, 3.05) is 19.8 Å². The van der Waals surface area contributed by atoms with E-state index < -0.39 is 50.2 Å². The third-order valence-electron chi connectivity index (χ3n) is 6.43. The Hall–Kier alpha value is -3.23. The third-order valence-corrected chi connectivity index (χ3v) is 8.06. The third kappa shape index (κ3) is 7.13. The first-order chi connectivity index (χ1) is 20.2. The number of carbonyl (C=O) groups excluding carboxylic acids is 1. The standard InChI is InChI=1S/C27H36F2N5O8P/c1-7-38-22-20-21(31-18(5)32-22)34(15-30-20)25-26(6,28)24(36)27(29,41-25)14-40-43(37,42-19-11-9-8-10-12-19)33-17(4)23(35)39-13-16(2)3/h8-12,15-17,24-25,36H,7,13-14H2,1-6H3,(H,33,37)/t17?,24-,25+,26+,27+,43?/m0/s1. The number of esters is 1. The zero-order chi connectivity index (χ0) is 31.6. The molecule has 2 aromatic heterocycles. The monoisotopic (exact) mass is 627 g/mol. The van der Waals surface area contributed by atoms with Gasteiger partial charge in [0.15, 0.2) is 29.2 Å². The highest BCUT2D eigenvalue weighted by atomic mass is 31.2. The Bertz CT molecular complexity index is 1480. The molecular weight excluding hydrogens is 591 g/mol. The lowest BCUT2D eigenvalue weighted by molar-refractivity contribution is -0.202. The summed E-state index contributed by atoms with van der Waals surface area (Å²) in [7, 11) is -4.56. The second-order valence-corrected chi connectivity index (χ2v) is 12.4. The van der Waals surface area contributed by atoms with Crippen LogP contribution in [-0.2, 0) is 23.4 Å². The fourth-order valence-electron chi connectivity index (χ4n) is 4.31. The molecule has 3 heterocycles. The number of para-hydroxylation sites is 1. The van der Waals surface area contributed by atoms with Crippen molar-refractivity contribution in [2.24, 2.45) is 5.92 Å². The van der Waals surface area contributed by atoms with Crippen LogP contribution in [0.3, 0.4) is 0 Å². The number of benzene rings is 1. The first-order valence-corrected chi connectivity index (χ1v) is 15.2. The van der Waals surface area contributed by atoms with E-state index in [-0.39, 0.29) is 47.7 Å². The number of carbonyl (C=O) groups is 1. The van der Waals surface area contributed by atoms with E-state index >= 15 is 8.78 Å². The highest BCUT2D eigenvalue weighted by molar-refractivity contribution is 7.52. The summed E-state index contributed by atoms with van der Waals surface area (Å²) in [6.07, 6.45) is -3.04. The molecule has 2 unspecified atom stereocenters. The van der Waals surface area contributed by atoms with Crippen molar-refractivity contribution >= 4 is 24.9 Å². The van der Waals surface area contributed by atoms with Crippen LogP contribution in [0.1, 0.15) is 46.7 Å². The number of aromatic nitrogens is 4. The van der Waals surface area contributed by atoms with Crippen LogP contribution >= 0.6 is 7.75 Å². The number of halogens is 2. The van der Waals surface area contributed by atoms with Gasteiger partial charge in [0.25, 0.3) is 5.85 Å². The fourth-order valence-corrected chi connectivity index (χ4v) is 5.82. The maximum atomic E-state index is 16.3. The molecule has 6 atom stereocenters. The van der Waals surface area contributed by atoms with Crippen molar-refractivity contribution in [3.05, 3.63) is 42.5 Å². The predicted molar refractivity (Wildman–Crippen MR) is 150 cm³/mol. The molecule has 2 N–H and O–H groups in total. The molecule has 0 amide bonds. The number of hydrogen-bond donors (Lipinski definition) is 2. The SMILES string of the molecule is CCOc1nc(C)nc2c1ncn2[C@@H]1O[C@](F)(COP(=O)(NC(C)C(=O)OCC(C)C)Oc2ccccc2)[C@@H](O)[C@@]1(C)F. The first-order valence-electron chi connectivity index (χ1n) is 13.7. The van der Waals surface area contributed by atoms with Gasteiger partial charge in [-0.25, -0.2) is 23.3 Å². The van der Waals surface area contributed by atoms with Crippen molar-refractivity contribution in [3.63, 3.8) is 0 Å². The molecule has 0 saturated carbocycles. The Morgan fingerprint density at radius 2 is 1.93 bits per heavy atom. The number of aliphatic hydroxyl groups excluding tert-OH is 1. The minimum absolute atomic E-state index is 0.0453. The van der Waals surface area contributed by atoms with E-state index in [0.29, 0.717) is 0 Å². The van der Waals surface area contributed by atoms with Crippen molar-refractivity contribution in [3.8, 4) is 11.6 Å². The summed E-state index contributed by atoms with van der Waals surface area (Å²) in [6.45, 7) is 8.46. The summed E-state index contributed by atoms with van der Waals surface area (Å²) in [5.74, 6) is -3.45. The lowest BCUT2D eigenvalue weighted by atomic mass is 9.97. The van der Waals surface area contributed by atoms with Gasteiger partial charge in [0.05, 0.1) is 19.5 Å². The first kappa shape index (κ1) is 32.7. The molecule has 0 bridgehead atoms. The molecule has 1 fully saturated rings. The number of hydrogen-bond acceptors (Lipinski definition) is 11. The Morgan fingerprint density at radius 3 is 2.58 bits per heavy atom. The Kier molecular flexibility index (Phi) is 9.72. The summed E-state index contributed by atoms with van der Waals surface area (Å²) in [4.78, 5) is 25.1. The predicted octanol–water partition coefficient (Wildman–Crippen LogP) is 4.20. The summed E-state index contributed by atoms with van der Waals surface area (Å²) in [6, 6.07) is 6.59. The van der Waals surface area contributed by atoms with Gasteiger partial charge < -0.3 is 23.8 Å². The summed E-state index contributed by atoms with van der Waals surface area (Å²) in [5.41, 5.74) is -2.49. The average molecular weight is 628 g/mol. The Balaban J connectivity index is 1.59. The Morgan fingerprint density at radius 1 is 1.23 bits per heavy atom. The van der Waals surface area contributed by atoms with Gasteiger partial charge in [-0.3, -0.25) is 13.9 Å². The maximum Gasteiger partial charge on any atom is 0.459 e. The van der Waals surface area contributed by atoms with Crippen molar-refractivity contribution < 1.29 is 46.5 Å². The zero-order valence-corrected chi connectivity index (χ0v) is 25.6. The van der Waals surface area contributed by atoms with E-state index in [9.17, 15) is 14.5 Å². The number of aryl methyl sites for hydroxylation is 1. The van der Waals surface area contributed by atoms with Gasteiger partial charge in [-0.15, -0.1) is 0 Å². The lowest BCUT2D eigenvalue weighted by Gasteiger charge is -2.28. The van der Waals surface area contributed by atoms with E-state index in [2.05, 4.69) is 20.0 Å². The van der Waals surface area contributed by atoms with Crippen molar-refractivity contribution in [2.45, 2.75) is 71.4 Å². The summed E-state index contributed by atoms with van der Waals surface area (Å²) >= 11 is 0. The Labute approximate surface area is 247 Å². The van der Waals surface area contributed by atoms with Crippen LogP contribution in [0.5, 0.6) is 11.6 Å². The highest BCUT2D eigenvalue weighted by Gasteiger charge is 2.65. The number of ether oxygens (including phenoxy) is 3. The second-order valence-electron chi connectivity index (χ2n) is 10.7. The van der Waals surface area contributed by atoms with Crippen LogP contribution in [0.2, 0.25) is 0 Å². The number of aliphatic hydroxyl groups is 1. The summed E-state index contributed by atoms with van der Waals surface area (Å²) in [5, 5.41) is 13.2. The van der Waals surface area contributed by atoms with E-state index in [0.717, 1.165) is 11.5 Å². The number of nitrogens with one attached hydrogen (secondary N) is 1. The average Bonchev–Trinajstić information content (AvgIpc) is 3.44. The van der Waals surface area contributed by atoms with Crippen molar-refractivity contribution in [1.82, 2.24) is 24.6 Å². The molecule has 1 aliphatic heterocycles. The smallest absolute Gasteiger partial charge is 0.459 e. The van der Waals surface area contributed by atoms with E-state index in [1.807, 2.05) is 13.8 Å². The summed E-state index contributed by atoms with van der Waals surface area (Å²) < 4.78 is 74.3. The quantitative estimate of drug-likeness (QED) is 0.206. The molecule has 0 radical (unpaired) electrons. The zero-order valence-electron chi connectivity index (χ0n) is 24.7. The number of alkyl halides is 2. The highest BCUT2D eigenvalue weighted by Crippen LogP contribution is 2.52. The topological polar surface area (TPSA) is 156 Å². The normalized spacial score (nSPS) is 25.9. The van der Waals surface area contributed by atoms with Crippen LogP contribution in [0, 0.1) is 12.8 Å². The van der Waals surface area contributed by atoms with Gasteiger partial charge in [0.2, 0.25) is 5.88 Å². The second kappa shape index (κ2) is 12.8. The molecule has 1 aliphatic rings. The number of nitrogens with zero attached hydrogens (tertiary/aromatic N) is 4. The van der Waals surface area contributed by atoms with Crippen LogP contribution in [-0.4, -0.2) is 74.1 Å². The molecule has 43 heavy (non-hydrogen) atoms. The molecule has 3 aromatic rings. The van der Waals surface area contributed by atoms with Gasteiger partial charge >= 0.3 is 13.7 Å².